The number of benzene rings is 3. The number of imidazole rings is 1. The molecule has 0 saturated heterocycles. The van der Waals surface area contributed by atoms with Crippen LogP contribution in [0, 0.1) is 0 Å². The van der Waals surface area contributed by atoms with Crippen molar-refractivity contribution in [2.24, 2.45) is 0 Å². The standard InChI is InChI=1S/C25H26N4O3/c1-25(2,3)32-24(30)27-18-10-7-11-19(14-18)29-22-13-12-20(15-21(22)28-23(29)26)31-16-17-8-5-4-6-9-17/h4-15H,16H2,1-3H3,(H2,26,28)(H,27,30). The van der Waals surface area contributed by atoms with E-state index in [1.807, 2.05) is 92.1 Å². The van der Waals surface area contributed by atoms with Gasteiger partial charge in [0.2, 0.25) is 5.95 Å². The van der Waals surface area contributed by atoms with E-state index in [0.29, 0.717) is 24.0 Å². The van der Waals surface area contributed by atoms with Gasteiger partial charge in [-0.3, -0.25) is 9.88 Å². The summed E-state index contributed by atoms with van der Waals surface area (Å²) in [5.74, 6) is 1.06. The molecule has 4 aromatic rings. The van der Waals surface area contributed by atoms with E-state index in [1.54, 1.807) is 6.07 Å². The Bertz CT molecular complexity index is 1240. The Morgan fingerprint density at radius 1 is 1.03 bits per heavy atom. The Morgan fingerprint density at radius 3 is 2.56 bits per heavy atom. The van der Waals surface area contributed by atoms with Crippen LogP contribution in [0.2, 0.25) is 0 Å². The number of hydrogen-bond donors (Lipinski definition) is 2. The fourth-order valence-electron chi connectivity index (χ4n) is 3.32. The molecule has 3 aromatic carbocycles. The number of nitrogens with two attached hydrogens (primary N) is 1. The van der Waals surface area contributed by atoms with Crippen LogP contribution < -0.4 is 15.8 Å². The number of fused-ring (bicyclic) bond motifs is 1. The summed E-state index contributed by atoms with van der Waals surface area (Å²) in [4.78, 5) is 16.6. The predicted molar refractivity (Wildman–Crippen MR) is 126 cm³/mol. The number of nitrogens with one attached hydrogen (secondary N) is 1. The Kier molecular flexibility index (Phi) is 5.73. The molecule has 1 amide bonds. The quantitative estimate of drug-likeness (QED) is 0.434. The lowest BCUT2D eigenvalue weighted by atomic mass is 10.2. The number of anilines is 2. The minimum Gasteiger partial charge on any atom is -0.489 e. The smallest absolute Gasteiger partial charge is 0.412 e. The van der Waals surface area contributed by atoms with Crippen LogP contribution in [-0.2, 0) is 11.3 Å². The zero-order valence-electron chi connectivity index (χ0n) is 18.3. The van der Waals surface area contributed by atoms with Crippen molar-refractivity contribution in [3.63, 3.8) is 0 Å². The summed E-state index contributed by atoms with van der Waals surface area (Å²) in [5.41, 5.74) is 9.68. The zero-order chi connectivity index (χ0) is 22.7. The molecule has 1 aromatic heterocycles. The van der Waals surface area contributed by atoms with E-state index >= 15 is 0 Å². The summed E-state index contributed by atoms with van der Waals surface area (Å²) in [6.45, 7) is 5.93. The number of ether oxygens (including phenoxy) is 2. The molecule has 7 heteroatoms. The number of rotatable bonds is 5. The Morgan fingerprint density at radius 2 is 1.81 bits per heavy atom. The van der Waals surface area contributed by atoms with Crippen molar-refractivity contribution in [3.8, 4) is 11.4 Å². The molecule has 7 nitrogen and oxygen atoms in total. The summed E-state index contributed by atoms with van der Waals surface area (Å²) in [5, 5.41) is 2.75. The van der Waals surface area contributed by atoms with Gasteiger partial charge in [0, 0.05) is 11.8 Å². The molecule has 0 fully saturated rings. The van der Waals surface area contributed by atoms with Crippen molar-refractivity contribution in [1.82, 2.24) is 9.55 Å². The maximum Gasteiger partial charge on any atom is 0.412 e. The maximum absolute atomic E-state index is 12.1. The monoisotopic (exact) mass is 430 g/mol. The molecular formula is C25H26N4O3. The molecule has 164 valence electrons. The third-order valence-electron chi connectivity index (χ3n) is 4.65. The Balaban J connectivity index is 1.56. The number of carbonyl (C=O) groups is 1. The first kappa shape index (κ1) is 21.2. The van der Waals surface area contributed by atoms with Gasteiger partial charge >= 0.3 is 6.09 Å². The van der Waals surface area contributed by atoms with Crippen LogP contribution in [0.25, 0.3) is 16.7 Å². The van der Waals surface area contributed by atoms with Crippen LogP contribution in [0.15, 0.2) is 72.8 Å². The second-order valence-corrected chi connectivity index (χ2v) is 8.41. The van der Waals surface area contributed by atoms with Crippen molar-refractivity contribution < 1.29 is 14.3 Å². The van der Waals surface area contributed by atoms with Gasteiger partial charge in [-0.15, -0.1) is 0 Å². The highest BCUT2D eigenvalue weighted by Gasteiger charge is 2.17. The van der Waals surface area contributed by atoms with Gasteiger partial charge in [0.25, 0.3) is 0 Å². The number of aromatic nitrogens is 2. The average molecular weight is 431 g/mol. The van der Waals surface area contributed by atoms with Crippen LogP contribution in [0.5, 0.6) is 5.75 Å². The number of nitrogens with zero attached hydrogens (tertiary/aromatic N) is 2. The van der Waals surface area contributed by atoms with Crippen molar-refractivity contribution in [1.29, 1.82) is 0 Å². The highest BCUT2D eigenvalue weighted by Crippen LogP contribution is 2.28. The van der Waals surface area contributed by atoms with Crippen molar-refractivity contribution in [2.45, 2.75) is 33.0 Å². The van der Waals surface area contributed by atoms with Gasteiger partial charge in [-0.05, 0) is 56.7 Å². The van der Waals surface area contributed by atoms with Gasteiger partial charge in [-0.1, -0.05) is 36.4 Å². The largest absolute Gasteiger partial charge is 0.489 e. The normalized spacial score (nSPS) is 11.3. The third-order valence-corrected chi connectivity index (χ3v) is 4.65. The summed E-state index contributed by atoms with van der Waals surface area (Å²) < 4.78 is 13.1. The summed E-state index contributed by atoms with van der Waals surface area (Å²) in [6, 6.07) is 23.0. The van der Waals surface area contributed by atoms with Crippen molar-refractivity contribution in [2.75, 3.05) is 11.1 Å². The van der Waals surface area contributed by atoms with Crippen LogP contribution in [0.1, 0.15) is 26.3 Å². The van der Waals surface area contributed by atoms with Crippen molar-refractivity contribution in [3.05, 3.63) is 78.4 Å². The first-order valence-corrected chi connectivity index (χ1v) is 10.3. The van der Waals surface area contributed by atoms with E-state index in [2.05, 4.69) is 10.3 Å². The van der Waals surface area contributed by atoms with Crippen LogP contribution in [-0.4, -0.2) is 21.2 Å². The third kappa shape index (κ3) is 5.00. The van der Waals surface area contributed by atoms with Crippen LogP contribution in [0.3, 0.4) is 0 Å². The minimum absolute atomic E-state index is 0.342. The lowest BCUT2D eigenvalue weighted by Crippen LogP contribution is -2.27. The van der Waals surface area contributed by atoms with E-state index in [1.165, 1.54) is 0 Å². The number of nitrogen functional groups attached to an aromatic ring is 1. The minimum atomic E-state index is -0.576. The Hall–Kier alpha value is -4.00. The maximum atomic E-state index is 12.1. The first-order chi connectivity index (χ1) is 15.3. The van der Waals surface area contributed by atoms with Gasteiger partial charge in [0.15, 0.2) is 0 Å². The zero-order valence-corrected chi connectivity index (χ0v) is 18.3. The van der Waals surface area contributed by atoms with E-state index in [0.717, 1.165) is 22.3 Å². The molecule has 32 heavy (non-hydrogen) atoms. The first-order valence-electron chi connectivity index (χ1n) is 10.3. The fourth-order valence-corrected chi connectivity index (χ4v) is 3.32. The van der Waals surface area contributed by atoms with Gasteiger partial charge in [-0.2, -0.15) is 0 Å². The summed E-state index contributed by atoms with van der Waals surface area (Å²) in [7, 11) is 0. The van der Waals surface area contributed by atoms with Gasteiger partial charge in [0.05, 0.1) is 16.7 Å². The highest BCUT2D eigenvalue weighted by molar-refractivity contribution is 5.86. The molecule has 0 bridgehead atoms. The highest BCUT2D eigenvalue weighted by atomic mass is 16.6. The molecule has 0 aliphatic heterocycles. The van der Waals surface area contributed by atoms with Gasteiger partial charge in [-0.25, -0.2) is 9.78 Å². The number of hydrogen-bond acceptors (Lipinski definition) is 5. The lowest BCUT2D eigenvalue weighted by Gasteiger charge is -2.19. The summed E-state index contributed by atoms with van der Waals surface area (Å²) in [6.07, 6.45) is -0.515. The molecule has 0 aliphatic carbocycles. The Labute approximate surface area is 186 Å². The number of amides is 1. The lowest BCUT2D eigenvalue weighted by molar-refractivity contribution is 0.0636. The van der Waals surface area contributed by atoms with Gasteiger partial charge < -0.3 is 15.2 Å². The number of carbonyl (C=O) groups excluding carboxylic acids is 1. The second-order valence-electron chi connectivity index (χ2n) is 8.41. The molecule has 0 aliphatic rings. The average Bonchev–Trinajstić information content (AvgIpc) is 3.06. The molecule has 3 N–H and O–H groups in total. The fraction of sp³-hybridized carbons (Fsp3) is 0.200. The predicted octanol–water partition coefficient (Wildman–Crippen LogP) is 5.53. The molecule has 1 heterocycles. The van der Waals surface area contributed by atoms with Crippen LogP contribution >= 0.6 is 0 Å². The SMILES string of the molecule is CC(C)(C)OC(=O)Nc1cccc(-n2c(N)nc3cc(OCc4ccccc4)ccc32)c1. The molecule has 0 atom stereocenters. The van der Waals surface area contributed by atoms with E-state index in [4.69, 9.17) is 15.2 Å². The van der Waals surface area contributed by atoms with Crippen molar-refractivity contribution >= 4 is 28.8 Å². The molecule has 0 saturated carbocycles. The molecule has 0 spiro atoms. The molecule has 0 unspecified atom stereocenters. The van der Waals surface area contributed by atoms with Gasteiger partial charge in [0.1, 0.15) is 18.0 Å². The van der Waals surface area contributed by atoms with E-state index in [-0.39, 0.29) is 0 Å². The topological polar surface area (TPSA) is 91.4 Å². The second kappa shape index (κ2) is 8.63. The molecule has 4 rings (SSSR count). The summed E-state index contributed by atoms with van der Waals surface area (Å²) >= 11 is 0. The van der Waals surface area contributed by atoms with E-state index < -0.39 is 11.7 Å². The van der Waals surface area contributed by atoms with Crippen LogP contribution in [0.4, 0.5) is 16.4 Å². The van der Waals surface area contributed by atoms with E-state index in [9.17, 15) is 4.79 Å². The molecular weight excluding hydrogens is 404 g/mol. The molecule has 0 radical (unpaired) electrons.